The van der Waals surface area contributed by atoms with Gasteiger partial charge < -0.3 is 35.6 Å². The first kappa shape index (κ1) is 40.6. The predicted molar refractivity (Wildman–Crippen MR) is 172 cm³/mol. The quantitative estimate of drug-likeness (QED) is 0.107. The first-order valence-electron chi connectivity index (χ1n) is 15.8. The predicted octanol–water partition coefficient (Wildman–Crippen LogP) is 6.06. The average Bonchev–Trinajstić information content (AvgIpc) is 2.82. The highest BCUT2D eigenvalue weighted by Gasteiger charge is 2.39. The van der Waals surface area contributed by atoms with Gasteiger partial charge >= 0.3 is 7.60 Å². The standard InChI is InChI=1S/C33H63N2O4P.BrH/c1-12-15-16-17-18-19-20-21-23-35(10,11)24-22-34-31(40(37,38-13-2)39-14-3)27-25-28(32(4,5)6)30(36)29(26-27)33(7,8)9;/h25-26,31,34H,12-24H2,1-11H3;1H. The number of rotatable bonds is 19. The Kier molecular flexibility index (Phi) is 18.2. The minimum Gasteiger partial charge on any atom is -1.00 e. The monoisotopic (exact) mass is 662 g/mol. The van der Waals surface area contributed by atoms with Gasteiger partial charge in [0, 0.05) is 6.54 Å². The molecule has 0 heterocycles. The zero-order valence-electron chi connectivity index (χ0n) is 28.4. The number of nitrogens with one attached hydrogen (secondary N) is 1. The van der Waals surface area contributed by atoms with E-state index in [9.17, 15) is 9.67 Å². The zero-order valence-corrected chi connectivity index (χ0v) is 30.8. The summed E-state index contributed by atoms with van der Waals surface area (Å²) in [6.07, 6.45) is 10.6. The highest BCUT2D eigenvalue weighted by atomic mass is 79.9. The van der Waals surface area contributed by atoms with E-state index in [4.69, 9.17) is 9.05 Å². The Hall–Kier alpha value is -0.430. The molecule has 41 heavy (non-hydrogen) atoms. The maximum atomic E-state index is 14.2. The van der Waals surface area contributed by atoms with Gasteiger partial charge in [0.25, 0.3) is 0 Å². The summed E-state index contributed by atoms with van der Waals surface area (Å²) in [4.78, 5) is 0. The molecule has 6 nitrogen and oxygen atoms in total. The molecule has 1 atom stereocenters. The van der Waals surface area contributed by atoms with Crippen LogP contribution in [-0.2, 0) is 24.4 Å². The van der Waals surface area contributed by atoms with Crippen LogP contribution >= 0.6 is 7.60 Å². The van der Waals surface area contributed by atoms with Crippen molar-refractivity contribution in [3.8, 4) is 5.75 Å². The number of nitrogens with zero attached hydrogens (tertiary/aromatic N) is 1. The van der Waals surface area contributed by atoms with Gasteiger partial charge in [-0.2, -0.15) is 0 Å². The molecule has 0 saturated carbocycles. The van der Waals surface area contributed by atoms with Crippen LogP contribution in [0.15, 0.2) is 12.1 Å². The molecule has 0 spiro atoms. The number of phenolic OH excluding ortho intramolecular Hbond substituents is 1. The maximum Gasteiger partial charge on any atom is 0.351 e. The molecule has 0 fully saturated rings. The number of hydrogen-bond donors (Lipinski definition) is 2. The molecule has 0 aliphatic rings. The zero-order chi connectivity index (χ0) is 30.6. The third kappa shape index (κ3) is 13.8. The highest BCUT2D eigenvalue weighted by molar-refractivity contribution is 7.54. The van der Waals surface area contributed by atoms with Gasteiger partial charge in [-0.1, -0.05) is 87.0 Å². The third-order valence-corrected chi connectivity index (χ3v) is 10.0. The molecule has 0 aromatic heterocycles. The lowest BCUT2D eigenvalue weighted by molar-refractivity contribution is -0.889. The van der Waals surface area contributed by atoms with Crippen LogP contribution in [0.1, 0.15) is 136 Å². The van der Waals surface area contributed by atoms with E-state index in [-0.39, 0.29) is 27.8 Å². The lowest BCUT2D eigenvalue weighted by Crippen LogP contribution is -3.00. The fourth-order valence-electron chi connectivity index (χ4n) is 5.21. The van der Waals surface area contributed by atoms with Crippen LogP contribution in [0.4, 0.5) is 0 Å². The van der Waals surface area contributed by atoms with E-state index in [0.717, 1.165) is 34.3 Å². The summed E-state index contributed by atoms with van der Waals surface area (Å²) in [5, 5.41) is 14.9. The molecular formula is C33H64BrN2O4P. The van der Waals surface area contributed by atoms with Crippen molar-refractivity contribution >= 4 is 7.60 Å². The van der Waals surface area contributed by atoms with Crippen molar-refractivity contribution in [3.63, 3.8) is 0 Å². The fraction of sp³-hybridized carbons (Fsp3) is 0.818. The van der Waals surface area contributed by atoms with Crippen LogP contribution in [-0.4, -0.2) is 56.5 Å². The van der Waals surface area contributed by atoms with Crippen LogP contribution in [0.2, 0.25) is 0 Å². The Morgan fingerprint density at radius 3 is 1.66 bits per heavy atom. The smallest absolute Gasteiger partial charge is 0.351 e. The van der Waals surface area contributed by atoms with E-state index in [0.29, 0.717) is 25.5 Å². The summed E-state index contributed by atoms with van der Waals surface area (Å²) in [7, 11) is 1.02. The highest BCUT2D eigenvalue weighted by Crippen LogP contribution is 2.60. The molecule has 0 aliphatic heterocycles. The lowest BCUT2D eigenvalue weighted by atomic mass is 9.78. The summed E-state index contributed by atoms with van der Waals surface area (Å²) < 4.78 is 26.9. The molecule has 1 rings (SSSR count). The van der Waals surface area contributed by atoms with Gasteiger partial charge in [0.1, 0.15) is 11.5 Å². The van der Waals surface area contributed by atoms with Crippen molar-refractivity contribution < 1.29 is 40.2 Å². The summed E-state index contributed by atoms with van der Waals surface area (Å²) >= 11 is 0. The van der Waals surface area contributed by atoms with Crippen molar-refractivity contribution in [3.05, 3.63) is 28.8 Å². The molecule has 1 unspecified atom stereocenters. The molecule has 0 radical (unpaired) electrons. The second kappa shape index (κ2) is 18.4. The second-order valence-corrected chi connectivity index (χ2v) is 16.2. The second-order valence-electron chi connectivity index (χ2n) is 14.1. The third-order valence-electron chi connectivity index (χ3n) is 7.67. The number of unbranched alkanes of at least 4 members (excludes halogenated alkanes) is 7. The van der Waals surface area contributed by atoms with E-state index >= 15 is 0 Å². The largest absolute Gasteiger partial charge is 1.00 e. The summed E-state index contributed by atoms with van der Waals surface area (Å²) in [5.41, 5.74) is 1.94. The Labute approximate surface area is 264 Å². The minimum absolute atomic E-state index is 0. The number of quaternary nitrogens is 1. The van der Waals surface area contributed by atoms with Crippen molar-refractivity contribution in [1.29, 1.82) is 0 Å². The van der Waals surface area contributed by atoms with Crippen molar-refractivity contribution in [2.24, 2.45) is 0 Å². The van der Waals surface area contributed by atoms with Gasteiger partial charge in [0.05, 0.1) is 40.4 Å². The number of likely N-dealkylation sites (N-methyl/N-ethyl adjacent to an activating group) is 1. The van der Waals surface area contributed by atoms with Crippen LogP contribution in [0.5, 0.6) is 5.75 Å². The van der Waals surface area contributed by atoms with Crippen molar-refractivity contribution in [2.45, 2.75) is 130 Å². The number of benzene rings is 1. The Morgan fingerprint density at radius 1 is 0.805 bits per heavy atom. The van der Waals surface area contributed by atoms with Crippen LogP contribution in [0, 0.1) is 0 Å². The molecule has 242 valence electrons. The Bertz CT molecular complexity index is 880. The maximum absolute atomic E-state index is 14.2. The van der Waals surface area contributed by atoms with E-state index in [1.165, 1.54) is 51.4 Å². The van der Waals surface area contributed by atoms with Crippen molar-refractivity contribution in [1.82, 2.24) is 5.32 Å². The molecule has 1 aromatic carbocycles. The molecule has 0 bridgehead atoms. The van der Waals surface area contributed by atoms with E-state index in [1.54, 1.807) is 0 Å². The van der Waals surface area contributed by atoms with Crippen LogP contribution < -0.4 is 22.3 Å². The summed E-state index contributed by atoms with van der Waals surface area (Å²) in [5.74, 6) is -0.313. The average molecular weight is 664 g/mol. The number of halogens is 1. The van der Waals surface area contributed by atoms with E-state index in [1.807, 2.05) is 26.0 Å². The summed E-state index contributed by atoms with van der Waals surface area (Å²) in [6.45, 7) is 21.8. The van der Waals surface area contributed by atoms with Gasteiger partial charge in [-0.05, 0) is 66.3 Å². The SMILES string of the molecule is CCCCCCCCCC[N+](C)(C)CCNC(c1cc(C(C)(C)C)c(O)c(C(C)(C)C)c1)P(=O)(OCC)OCC.[Br-]. The fourth-order valence-corrected chi connectivity index (χ4v) is 7.17. The van der Waals surface area contributed by atoms with Gasteiger partial charge in [0.2, 0.25) is 0 Å². The normalized spacial score (nSPS) is 13.7. The number of aromatic hydroxyl groups is 1. The molecule has 0 aliphatic carbocycles. The van der Waals surface area contributed by atoms with E-state index in [2.05, 4.69) is 67.9 Å². The molecular weight excluding hydrogens is 599 g/mol. The lowest BCUT2D eigenvalue weighted by Gasteiger charge is -2.34. The molecule has 0 amide bonds. The van der Waals surface area contributed by atoms with Gasteiger partial charge in [-0.15, -0.1) is 0 Å². The van der Waals surface area contributed by atoms with Gasteiger partial charge in [-0.3, -0.25) is 9.88 Å². The van der Waals surface area contributed by atoms with Crippen LogP contribution in [0.3, 0.4) is 0 Å². The van der Waals surface area contributed by atoms with E-state index < -0.39 is 13.4 Å². The first-order valence-corrected chi connectivity index (χ1v) is 17.5. The molecule has 1 aromatic rings. The van der Waals surface area contributed by atoms with Gasteiger partial charge in [-0.25, -0.2) is 0 Å². The minimum atomic E-state index is -3.53. The Morgan fingerprint density at radius 2 is 1.24 bits per heavy atom. The molecule has 8 heteroatoms. The number of phenols is 1. The molecule has 2 N–H and O–H groups in total. The summed E-state index contributed by atoms with van der Waals surface area (Å²) in [6, 6.07) is 3.99. The topological polar surface area (TPSA) is 67.8 Å². The van der Waals surface area contributed by atoms with Crippen molar-refractivity contribution in [2.75, 3.05) is 46.9 Å². The first-order chi connectivity index (χ1) is 18.5. The van der Waals surface area contributed by atoms with Crippen LogP contribution in [0.25, 0.3) is 0 Å². The van der Waals surface area contributed by atoms with Gasteiger partial charge in [0.15, 0.2) is 0 Å². The number of hydrogen-bond acceptors (Lipinski definition) is 5. The Balaban J connectivity index is 0.0000160. The molecule has 0 saturated heterocycles.